The van der Waals surface area contributed by atoms with Crippen molar-refractivity contribution in [1.82, 2.24) is 4.90 Å². The molecule has 3 rings (SSSR count). The summed E-state index contributed by atoms with van der Waals surface area (Å²) in [6, 6.07) is 15.7. The minimum absolute atomic E-state index is 0.0782. The molecule has 1 aliphatic heterocycles. The number of hydrogen-bond donors (Lipinski definition) is 1. The Morgan fingerprint density at radius 3 is 2.27 bits per heavy atom. The predicted octanol–water partition coefficient (Wildman–Crippen LogP) is 3.46. The second-order valence-electron chi connectivity index (χ2n) is 8.03. The molecule has 30 heavy (non-hydrogen) atoms. The average Bonchev–Trinajstić information content (AvgIpc) is 3.22. The summed E-state index contributed by atoms with van der Waals surface area (Å²) in [6.07, 6.45) is 2.48. The van der Waals surface area contributed by atoms with E-state index < -0.39 is 0 Å². The van der Waals surface area contributed by atoms with Crippen LogP contribution >= 0.6 is 0 Å². The molecule has 160 valence electrons. The van der Waals surface area contributed by atoms with Gasteiger partial charge in [-0.3, -0.25) is 9.59 Å². The van der Waals surface area contributed by atoms with Gasteiger partial charge in [-0.05, 0) is 48.2 Å². The Kier molecular flexibility index (Phi) is 7.46. The quantitative estimate of drug-likeness (QED) is 0.725. The summed E-state index contributed by atoms with van der Waals surface area (Å²) >= 11 is 0. The second-order valence-corrected chi connectivity index (χ2v) is 8.03. The van der Waals surface area contributed by atoms with E-state index in [1.165, 1.54) is 6.92 Å². The van der Waals surface area contributed by atoms with Gasteiger partial charge in [-0.1, -0.05) is 24.3 Å². The molecule has 1 saturated heterocycles. The maximum Gasteiger partial charge on any atom is 0.227 e. The fraction of sp³-hybridized carbons (Fsp3) is 0.417. The lowest BCUT2D eigenvalue weighted by Crippen LogP contribution is -2.37. The van der Waals surface area contributed by atoms with Crippen LogP contribution in [0.2, 0.25) is 0 Å². The minimum Gasteiger partial charge on any atom is -0.378 e. The van der Waals surface area contributed by atoms with Crippen molar-refractivity contribution in [3.8, 4) is 0 Å². The summed E-state index contributed by atoms with van der Waals surface area (Å²) in [5, 5.41) is 2.75. The number of rotatable bonds is 8. The summed E-state index contributed by atoms with van der Waals surface area (Å²) in [6.45, 7) is 3.43. The predicted molar refractivity (Wildman–Crippen MR) is 120 cm³/mol. The van der Waals surface area contributed by atoms with E-state index in [-0.39, 0.29) is 17.9 Å². The molecular formula is C24H31N3O3. The zero-order valence-electron chi connectivity index (χ0n) is 18.1. The van der Waals surface area contributed by atoms with Crippen molar-refractivity contribution >= 4 is 23.2 Å². The lowest BCUT2D eigenvalue weighted by molar-refractivity contribution is -0.132. The van der Waals surface area contributed by atoms with Crippen molar-refractivity contribution < 1.29 is 14.3 Å². The van der Waals surface area contributed by atoms with Gasteiger partial charge in [-0.2, -0.15) is 0 Å². The van der Waals surface area contributed by atoms with Crippen molar-refractivity contribution in [3.63, 3.8) is 0 Å². The molecule has 6 heteroatoms. The van der Waals surface area contributed by atoms with Crippen molar-refractivity contribution in [3.05, 3.63) is 59.7 Å². The maximum atomic E-state index is 13.1. The van der Waals surface area contributed by atoms with Crippen LogP contribution in [0.25, 0.3) is 0 Å². The number of hydrogen-bond acceptors (Lipinski definition) is 4. The molecule has 0 saturated carbocycles. The Morgan fingerprint density at radius 2 is 1.70 bits per heavy atom. The van der Waals surface area contributed by atoms with Gasteiger partial charge in [0.1, 0.15) is 0 Å². The van der Waals surface area contributed by atoms with E-state index >= 15 is 0 Å². The van der Waals surface area contributed by atoms with Crippen LogP contribution < -0.4 is 10.2 Å². The molecule has 0 bridgehead atoms. The summed E-state index contributed by atoms with van der Waals surface area (Å²) in [5.41, 5.74) is 3.90. The van der Waals surface area contributed by atoms with E-state index in [2.05, 4.69) is 34.5 Å². The molecule has 1 fully saturated rings. The number of carbonyl (C=O) groups is 2. The third-order valence-electron chi connectivity index (χ3n) is 5.26. The fourth-order valence-corrected chi connectivity index (χ4v) is 3.60. The Hall–Kier alpha value is -2.86. The van der Waals surface area contributed by atoms with E-state index in [0.29, 0.717) is 19.5 Å². The summed E-state index contributed by atoms with van der Waals surface area (Å²) in [7, 11) is 4.03. The smallest absolute Gasteiger partial charge is 0.227 e. The van der Waals surface area contributed by atoms with Gasteiger partial charge in [0.05, 0.1) is 12.5 Å². The Balaban J connectivity index is 1.68. The normalized spacial score (nSPS) is 15.6. The van der Waals surface area contributed by atoms with Crippen LogP contribution in [-0.4, -0.2) is 50.1 Å². The summed E-state index contributed by atoms with van der Waals surface area (Å²) < 4.78 is 5.78. The van der Waals surface area contributed by atoms with Crippen molar-refractivity contribution in [2.24, 2.45) is 0 Å². The highest BCUT2D eigenvalue weighted by molar-refractivity contribution is 5.88. The highest BCUT2D eigenvalue weighted by Crippen LogP contribution is 2.19. The Morgan fingerprint density at radius 1 is 1.03 bits per heavy atom. The van der Waals surface area contributed by atoms with Gasteiger partial charge in [0, 0.05) is 52.1 Å². The molecule has 2 aromatic carbocycles. The molecule has 0 spiro atoms. The molecule has 0 radical (unpaired) electrons. The molecule has 1 N–H and O–H groups in total. The van der Waals surface area contributed by atoms with Crippen molar-refractivity contribution in [2.75, 3.05) is 37.5 Å². The molecule has 1 atom stereocenters. The molecule has 2 aromatic rings. The van der Waals surface area contributed by atoms with Crippen LogP contribution in [0.1, 0.15) is 30.9 Å². The number of nitrogens with zero attached hydrogens (tertiary/aromatic N) is 2. The first-order valence-corrected chi connectivity index (χ1v) is 10.4. The first-order chi connectivity index (χ1) is 14.4. The molecule has 1 unspecified atom stereocenters. The SMILES string of the molecule is CC(=O)Nc1ccc(CC(=O)N(Cc2ccc(N(C)C)cc2)CC2CCCO2)cc1. The summed E-state index contributed by atoms with van der Waals surface area (Å²) in [5.74, 6) is -0.0312. The van der Waals surface area contributed by atoms with E-state index in [4.69, 9.17) is 4.74 Å². The largest absolute Gasteiger partial charge is 0.378 e. The topological polar surface area (TPSA) is 61.9 Å². The first-order valence-electron chi connectivity index (χ1n) is 10.4. The van der Waals surface area contributed by atoms with E-state index in [1.54, 1.807) is 0 Å². The van der Waals surface area contributed by atoms with E-state index in [9.17, 15) is 9.59 Å². The number of nitrogens with one attached hydrogen (secondary N) is 1. The number of anilines is 2. The molecular weight excluding hydrogens is 378 g/mol. The van der Waals surface area contributed by atoms with Crippen LogP contribution in [0.4, 0.5) is 11.4 Å². The molecule has 0 aromatic heterocycles. The van der Waals surface area contributed by atoms with E-state index in [1.807, 2.05) is 43.3 Å². The Bertz CT molecular complexity index is 841. The summed E-state index contributed by atoms with van der Waals surface area (Å²) in [4.78, 5) is 28.3. The fourth-order valence-electron chi connectivity index (χ4n) is 3.60. The van der Waals surface area contributed by atoms with Gasteiger partial charge in [0.2, 0.25) is 11.8 Å². The molecule has 0 aliphatic carbocycles. The van der Waals surface area contributed by atoms with Gasteiger partial charge in [-0.25, -0.2) is 0 Å². The lowest BCUT2D eigenvalue weighted by Gasteiger charge is -2.26. The highest BCUT2D eigenvalue weighted by Gasteiger charge is 2.23. The number of ether oxygens (including phenoxy) is 1. The van der Waals surface area contributed by atoms with Crippen LogP contribution in [0, 0.1) is 0 Å². The maximum absolute atomic E-state index is 13.1. The minimum atomic E-state index is -0.109. The van der Waals surface area contributed by atoms with Gasteiger partial charge < -0.3 is 19.9 Å². The highest BCUT2D eigenvalue weighted by atomic mass is 16.5. The molecule has 2 amide bonds. The zero-order valence-corrected chi connectivity index (χ0v) is 18.1. The third-order valence-corrected chi connectivity index (χ3v) is 5.26. The monoisotopic (exact) mass is 409 g/mol. The van der Waals surface area contributed by atoms with E-state index in [0.717, 1.165) is 42.0 Å². The van der Waals surface area contributed by atoms with Crippen LogP contribution in [0.15, 0.2) is 48.5 Å². The second kappa shape index (κ2) is 10.3. The van der Waals surface area contributed by atoms with Crippen LogP contribution in [0.5, 0.6) is 0 Å². The lowest BCUT2D eigenvalue weighted by atomic mass is 10.1. The van der Waals surface area contributed by atoms with Gasteiger partial charge in [0.25, 0.3) is 0 Å². The van der Waals surface area contributed by atoms with Crippen molar-refractivity contribution in [2.45, 2.75) is 38.8 Å². The molecule has 6 nitrogen and oxygen atoms in total. The molecule has 1 aliphatic rings. The first kappa shape index (κ1) is 21.8. The number of benzene rings is 2. The van der Waals surface area contributed by atoms with Crippen LogP contribution in [-0.2, 0) is 27.3 Å². The van der Waals surface area contributed by atoms with Crippen LogP contribution in [0.3, 0.4) is 0 Å². The van der Waals surface area contributed by atoms with Gasteiger partial charge >= 0.3 is 0 Å². The Labute approximate surface area is 178 Å². The van der Waals surface area contributed by atoms with Crippen molar-refractivity contribution in [1.29, 1.82) is 0 Å². The van der Waals surface area contributed by atoms with Gasteiger partial charge in [0.15, 0.2) is 0 Å². The molecule has 1 heterocycles. The zero-order chi connectivity index (χ0) is 21.5. The number of amides is 2. The standard InChI is InChI=1S/C24H31N3O3/c1-18(28)25-21-10-6-19(7-11-21)15-24(29)27(17-23-5-4-14-30-23)16-20-8-12-22(13-9-20)26(2)3/h6-13,23H,4-5,14-17H2,1-3H3,(H,25,28). The third kappa shape index (κ3) is 6.32. The average molecular weight is 410 g/mol. The van der Waals surface area contributed by atoms with Gasteiger partial charge in [-0.15, -0.1) is 0 Å². The number of carbonyl (C=O) groups excluding carboxylic acids is 2.